The monoisotopic (exact) mass is 281 g/mol. The topological polar surface area (TPSA) is 41.5 Å². The van der Waals surface area contributed by atoms with E-state index in [1.54, 1.807) is 6.92 Å². The van der Waals surface area contributed by atoms with Gasteiger partial charge in [0.15, 0.2) is 11.6 Å². The SMILES string of the molecule is CCOc1c(Cl)ccc(NCC(O)CCl)c1F. The van der Waals surface area contributed by atoms with Gasteiger partial charge in [0.1, 0.15) is 0 Å². The first-order valence-corrected chi connectivity index (χ1v) is 6.10. The van der Waals surface area contributed by atoms with Crippen LogP contribution < -0.4 is 10.1 Å². The summed E-state index contributed by atoms with van der Waals surface area (Å²) in [4.78, 5) is 0. The highest BCUT2D eigenvalue weighted by Gasteiger charge is 2.14. The Balaban J connectivity index is 2.82. The average molecular weight is 282 g/mol. The maximum atomic E-state index is 13.9. The number of ether oxygens (including phenoxy) is 1. The number of benzene rings is 1. The van der Waals surface area contributed by atoms with Gasteiger partial charge in [0.2, 0.25) is 0 Å². The van der Waals surface area contributed by atoms with Crippen LogP contribution in [-0.2, 0) is 0 Å². The predicted molar refractivity (Wildman–Crippen MR) is 67.8 cm³/mol. The second-order valence-electron chi connectivity index (χ2n) is 3.36. The van der Waals surface area contributed by atoms with Crippen molar-refractivity contribution in [2.45, 2.75) is 13.0 Å². The fraction of sp³-hybridized carbons (Fsp3) is 0.455. The van der Waals surface area contributed by atoms with Crippen molar-refractivity contribution in [1.82, 2.24) is 0 Å². The number of nitrogens with one attached hydrogen (secondary N) is 1. The summed E-state index contributed by atoms with van der Waals surface area (Å²) in [5, 5.41) is 12.2. The van der Waals surface area contributed by atoms with Gasteiger partial charge in [-0.1, -0.05) is 11.6 Å². The first-order chi connectivity index (χ1) is 8.10. The molecule has 6 heteroatoms. The Morgan fingerprint density at radius 3 is 2.82 bits per heavy atom. The molecule has 0 saturated carbocycles. The molecule has 0 radical (unpaired) electrons. The van der Waals surface area contributed by atoms with Crippen molar-refractivity contribution in [3.63, 3.8) is 0 Å². The third-order valence-electron chi connectivity index (χ3n) is 2.04. The first-order valence-electron chi connectivity index (χ1n) is 5.18. The minimum atomic E-state index is -0.734. The molecule has 0 spiro atoms. The highest BCUT2D eigenvalue weighted by atomic mass is 35.5. The van der Waals surface area contributed by atoms with Crippen molar-refractivity contribution in [2.75, 3.05) is 24.3 Å². The van der Waals surface area contributed by atoms with Crippen LogP contribution >= 0.6 is 23.2 Å². The summed E-state index contributed by atoms with van der Waals surface area (Å²) < 4.78 is 19.0. The molecular formula is C11H14Cl2FNO2. The van der Waals surface area contributed by atoms with Gasteiger partial charge in [0, 0.05) is 6.54 Å². The summed E-state index contributed by atoms with van der Waals surface area (Å²) in [5.74, 6) is -0.471. The zero-order chi connectivity index (χ0) is 12.8. The average Bonchev–Trinajstić information content (AvgIpc) is 2.33. The number of rotatable bonds is 6. The quantitative estimate of drug-likeness (QED) is 0.788. The largest absolute Gasteiger partial charge is 0.489 e. The maximum Gasteiger partial charge on any atom is 0.189 e. The molecule has 17 heavy (non-hydrogen) atoms. The van der Waals surface area contributed by atoms with Gasteiger partial charge in [0.05, 0.1) is 29.3 Å². The van der Waals surface area contributed by atoms with Gasteiger partial charge < -0.3 is 15.2 Å². The lowest BCUT2D eigenvalue weighted by Crippen LogP contribution is -2.21. The molecule has 0 aliphatic rings. The zero-order valence-corrected chi connectivity index (χ0v) is 10.9. The number of aliphatic hydroxyl groups excluding tert-OH is 1. The van der Waals surface area contributed by atoms with Crippen LogP contribution in [0.2, 0.25) is 5.02 Å². The van der Waals surface area contributed by atoms with Gasteiger partial charge in [0.25, 0.3) is 0 Å². The highest BCUT2D eigenvalue weighted by Crippen LogP contribution is 2.32. The zero-order valence-electron chi connectivity index (χ0n) is 9.34. The third kappa shape index (κ3) is 3.91. The van der Waals surface area contributed by atoms with E-state index in [0.29, 0.717) is 6.61 Å². The molecule has 0 aliphatic carbocycles. The lowest BCUT2D eigenvalue weighted by molar-refractivity contribution is 0.211. The number of anilines is 1. The van der Waals surface area contributed by atoms with Gasteiger partial charge in [-0.3, -0.25) is 0 Å². The molecule has 1 rings (SSSR count). The highest BCUT2D eigenvalue weighted by molar-refractivity contribution is 6.32. The van der Waals surface area contributed by atoms with E-state index < -0.39 is 11.9 Å². The summed E-state index contributed by atoms with van der Waals surface area (Å²) >= 11 is 11.2. The van der Waals surface area contributed by atoms with E-state index in [-0.39, 0.29) is 28.9 Å². The smallest absolute Gasteiger partial charge is 0.189 e. The van der Waals surface area contributed by atoms with Gasteiger partial charge in [-0.25, -0.2) is 4.39 Å². The summed E-state index contributed by atoms with van der Waals surface area (Å²) in [7, 11) is 0. The van der Waals surface area contributed by atoms with Crippen molar-refractivity contribution in [1.29, 1.82) is 0 Å². The van der Waals surface area contributed by atoms with Crippen LogP contribution in [0.15, 0.2) is 12.1 Å². The van der Waals surface area contributed by atoms with Crippen LogP contribution in [0, 0.1) is 5.82 Å². The van der Waals surface area contributed by atoms with Gasteiger partial charge >= 0.3 is 0 Å². The van der Waals surface area contributed by atoms with Crippen molar-refractivity contribution >= 4 is 28.9 Å². The minimum Gasteiger partial charge on any atom is -0.489 e. The molecule has 0 bridgehead atoms. The molecular weight excluding hydrogens is 268 g/mol. The molecule has 0 saturated heterocycles. The van der Waals surface area contributed by atoms with Crippen LogP contribution in [0.3, 0.4) is 0 Å². The van der Waals surface area contributed by atoms with Crippen LogP contribution in [-0.4, -0.2) is 30.2 Å². The van der Waals surface area contributed by atoms with Crippen LogP contribution in [0.25, 0.3) is 0 Å². The fourth-order valence-electron chi connectivity index (χ4n) is 1.23. The normalized spacial score (nSPS) is 12.3. The van der Waals surface area contributed by atoms with E-state index in [9.17, 15) is 9.50 Å². The Hall–Kier alpha value is -0.710. The van der Waals surface area contributed by atoms with Crippen molar-refractivity contribution in [2.24, 2.45) is 0 Å². The third-order valence-corrected chi connectivity index (χ3v) is 2.70. The second kappa shape index (κ2) is 6.89. The van der Waals surface area contributed by atoms with E-state index in [2.05, 4.69) is 5.32 Å². The van der Waals surface area contributed by atoms with Crippen molar-refractivity contribution < 1.29 is 14.2 Å². The fourth-order valence-corrected chi connectivity index (χ4v) is 1.54. The molecule has 1 unspecified atom stereocenters. The molecule has 1 atom stereocenters. The molecule has 0 aliphatic heterocycles. The number of hydrogen-bond donors (Lipinski definition) is 2. The minimum absolute atomic E-state index is 0.0135. The number of alkyl halides is 1. The number of hydrogen-bond acceptors (Lipinski definition) is 3. The molecule has 96 valence electrons. The first kappa shape index (κ1) is 14.4. The van der Waals surface area contributed by atoms with Gasteiger partial charge in [-0.2, -0.15) is 0 Å². The van der Waals surface area contributed by atoms with E-state index in [0.717, 1.165) is 0 Å². The standard InChI is InChI=1S/C11H14Cl2FNO2/c1-2-17-11-8(13)3-4-9(10(11)14)15-6-7(16)5-12/h3-4,7,15-16H,2,5-6H2,1H3. The maximum absolute atomic E-state index is 13.9. The van der Waals surface area contributed by atoms with Gasteiger partial charge in [-0.15, -0.1) is 11.6 Å². The molecule has 1 aromatic carbocycles. The molecule has 0 fully saturated rings. The van der Waals surface area contributed by atoms with Crippen molar-refractivity contribution in [3.05, 3.63) is 23.0 Å². The lowest BCUT2D eigenvalue weighted by atomic mass is 10.2. The summed E-state index contributed by atoms with van der Waals surface area (Å²) in [5.41, 5.74) is 0.224. The van der Waals surface area contributed by atoms with Crippen LogP contribution in [0.1, 0.15) is 6.92 Å². The number of aliphatic hydroxyl groups is 1. The van der Waals surface area contributed by atoms with E-state index in [1.165, 1.54) is 12.1 Å². The molecule has 2 N–H and O–H groups in total. The lowest BCUT2D eigenvalue weighted by Gasteiger charge is -2.14. The van der Waals surface area contributed by atoms with E-state index >= 15 is 0 Å². The molecule has 0 heterocycles. The Labute approximate surface area is 109 Å². The number of halogens is 3. The van der Waals surface area contributed by atoms with Crippen LogP contribution in [0.4, 0.5) is 10.1 Å². The Morgan fingerprint density at radius 1 is 1.53 bits per heavy atom. The van der Waals surface area contributed by atoms with Crippen molar-refractivity contribution in [3.8, 4) is 5.75 Å². The molecule has 1 aromatic rings. The predicted octanol–water partition coefficient (Wildman–Crippen LogP) is 2.89. The molecule has 0 aromatic heterocycles. The Morgan fingerprint density at radius 2 is 2.24 bits per heavy atom. The van der Waals surface area contributed by atoms with E-state index in [4.69, 9.17) is 27.9 Å². The van der Waals surface area contributed by atoms with Gasteiger partial charge in [-0.05, 0) is 19.1 Å². The van der Waals surface area contributed by atoms with E-state index in [1.807, 2.05) is 0 Å². The summed E-state index contributed by atoms with van der Waals surface area (Å²) in [6, 6.07) is 3.02. The Bertz CT molecular complexity index is 377. The Kier molecular flexibility index (Phi) is 5.82. The summed E-state index contributed by atoms with van der Waals surface area (Å²) in [6.07, 6.45) is -0.734. The summed E-state index contributed by atoms with van der Waals surface area (Å²) in [6.45, 7) is 2.23. The second-order valence-corrected chi connectivity index (χ2v) is 4.08. The van der Waals surface area contributed by atoms with Crippen LogP contribution in [0.5, 0.6) is 5.75 Å². The molecule has 0 amide bonds. The molecule has 3 nitrogen and oxygen atoms in total.